The van der Waals surface area contributed by atoms with Gasteiger partial charge in [-0.15, -0.1) is 0 Å². The standard InChI is InChI=1S/C16H22N2O2/c1-4-6-13-7-9-14(10-8-13)12(3)18(11-15(17)19)16(20)5-2/h5,7-10,12H,2,4,6,11H2,1,3H3,(H2,17,19)/t12-/m1/s1. The number of hydrogen-bond donors (Lipinski definition) is 1. The average Bonchev–Trinajstić information content (AvgIpc) is 2.44. The molecular weight excluding hydrogens is 252 g/mol. The number of aryl methyl sites for hydroxylation is 1. The lowest BCUT2D eigenvalue weighted by Crippen LogP contribution is -2.39. The third-order valence-electron chi connectivity index (χ3n) is 3.25. The number of primary amides is 1. The molecule has 0 aliphatic carbocycles. The third kappa shape index (κ3) is 4.23. The Morgan fingerprint density at radius 1 is 1.35 bits per heavy atom. The molecule has 1 aromatic carbocycles. The quantitative estimate of drug-likeness (QED) is 0.775. The molecule has 0 aliphatic heterocycles. The van der Waals surface area contributed by atoms with Gasteiger partial charge >= 0.3 is 0 Å². The lowest BCUT2D eigenvalue weighted by atomic mass is 10.0. The first kappa shape index (κ1) is 16.0. The molecule has 2 N–H and O–H groups in total. The molecule has 0 fully saturated rings. The molecule has 2 amide bonds. The highest BCUT2D eigenvalue weighted by Crippen LogP contribution is 2.21. The Hall–Kier alpha value is -2.10. The predicted molar refractivity (Wildman–Crippen MR) is 80.0 cm³/mol. The van der Waals surface area contributed by atoms with E-state index in [2.05, 4.69) is 25.6 Å². The maximum absolute atomic E-state index is 11.8. The van der Waals surface area contributed by atoms with E-state index in [1.165, 1.54) is 16.5 Å². The zero-order valence-electron chi connectivity index (χ0n) is 12.1. The summed E-state index contributed by atoms with van der Waals surface area (Å²) in [4.78, 5) is 24.4. The minimum absolute atomic E-state index is 0.108. The van der Waals surface area contributed by atoms with Crippen LogP contribution in [0.15, 0.2) is 36.9 Å². The second-order valence-corrected chi connectivity index (χ2v) is 4.80. The van der Waals surface area contributed by atoms with Crippen LogP contribution in [0.2, 0.25) is 0 Å². The van der Waals surface area contributed by atoms with E-state index in [4.69, 9.17) is 5.73 Å². The monoisotopic (exact) mass is 274 g/mol. The van der Waals surface area contributed by atoms with Crippen molar-refractivity contribution >= 4 is 11.8 Å². The number of nitrogens with zero attached hydrogens (tertiary/aromatic N) is 1. The van der Waals surface area contributed by atoms with E-state index in [1.54, 1.807) is 0 Å². The van der Waals surface area contributed by atoms with E-state index in [9.17, 15) is 9.59 Å². The number of carbonyl (C=O) groups excluding carboxylic acids is 2. The molecule has 0 spiro atoms. The molecule has 20 heavy (non-hydrogen) atoms. The topological polar surface area (TPSA) is 63.4 Å². The molecule has 0 heterocycles. The van der Waals surface area contributed by atoms with Gasteiger partial charge in [0, 0.05) is 0 Å². The molecule has 0 radical (unpaired) electrons. The smallest absolute Gasteiger partial charge is 0.246 e. The number of hydrogen-bond acceptors (Lipinski definition) is 2. The van der Waals surface area contributed by atoms with Gasteiger partial charge in [-0.25, -0.2) is 0 Å². The van der Waals surface area contributed by atoms with E-state index in [0.717, 1.165) is 18.4 Å². The van der Waals surface area contributed by atoms with Crippen molar-refractivity contribution in [2.75, 3.05) is 6.54 Å². The number of rotatable bonds is 7. The molecule has 108 valence electrons. The van der Waals surface area contributed by atoms with Crippen LogP contribution in [0.1, 0.15) is 37.4 Å². The number of amides is 2. The van der Waals surface area contributed by atoms with Gasteiger partial charge in [0.15, 0.2) is 0 Å². The highest BCUT2D eigenvalue weighted by atomic mass is 16.2. The Labute approximate surface area is 120 Å². The first-order chi connectivity index (χ1) is 9.49. The van der Waals surface area contributed by atoms with Crippen LogP contribution in [0.4, 0.5) is 0 Å². The molecule has 1 rings (SSSR count). The Morgan fingerprint density at radius 3 is 2.40 bits per heavy atom. The second-order valence-electron chi connectivity index (χ2n) is 4.80. The maximum Gasteiger partial charge on any atom is 0.246 e. The SMILES string of the molecule is C=CC(=O)N(CC(N)=O)[C@H](C)c1ccc(CCC)cc1. The summed E-state index contributed by atoms with van der Waals surface area (Å²) in [6, 6.07) is 7.86. The lowest BCUT2D eigenvalue weighted by Gasteiger charge is -2.27. The largest absolute Gasteiger partial charge is 0.368 e. The molecule has 0 aliphatic rings. The summed E-state index contributed by atoms with van der Waals surface area (Å²) in [6.07, 6.45) is 3.33. The van der Waals surface area contributed by atoms with Crippen LogP contribution in [0, 0.1) is 0 Å². The van der Waals surface area contributed by atoms with Gasteiger partial charge in [0.05, 0.1) is 6.04 Å². The molecule has 0 bridgehead atoms. The fourth-order valence-corrected chi connectivity index (χ4v) is 2.12. The highest BCUT2D eigenvalue weighted by molar-refractivity contribution is 5.90. The maximum atomic E-state index is 11.8. The van der Waals surface area contributed by atoms with Crippen LogP contribution in [-0.4, -0.2) is 23.3 Å². The minimum atomic E-state index is -0.533. The van der Waals surface area contributed by atoms with Gasteiger partial charge in [-0.3, -0.25) is 9.59 Å². The first-order valence-corrected chi connectivity index (χ1v) is 6.79. The van der Waals surface area contributed by atoms with Gasteiger partial charge in [-0.1, -0.05) is 44.2 Å². The fourth-order valence-electron chi connectivity index (χ4n) is 2.12. The lowest BCUT2D eigenvalue weighted by molar-refractivity contribution is -0.133. The zero-order chi connectivity index (χ0) is 15.1. The zero-order valence-corrected chi connectivity index (χ0v) is 12.1. The number of benzene rings is 1. The van der Waals surface area contributed by atoms with Gasteiger partial charge in [0.25, 0.3) is 0 Å². The van der Waals surface area contributed by atoms with Crippen molar-refractivity contribution in [2.45, 2.75) is 32.7 Å². The highest BCUT2D eigenvalue weighted by Gasteiger charge is 2.21. The third-order valence-corrected chi connectivity index (χ3v) is 3.25. The normalized spacial score (nSPS) is 11.7. The van der Waals surface area contributed by atoms with E-state index in [0.29, 0.717) is 0 Å². The first-order valence-electron chi connectivity index (χ1n) is 6.79. The molecule has 1 aromatic rings. The van der Waals surface area contributed by atoms with E-state index in [1.807, 2.05) is 19.1 Å². The van der Waals surface area contributed by atoms with Crippen molar-refractivity contribution < 1.29 is 9.59 Å². The Morgan fingerprint density at radius 2 is 1.95 bits per heavy atom. The summed E-state index contributed by atoms with van der Waals surface area (Å²) in [5.41, 5.74) is 7.44. The Balaban J connectivity index is 2.92. The molecule has 0 saturated heterocycles. The van der Waals surface area contributed by atoms with Gasteiger partial charge in [-0.2, -0.15) is 0 Å². The van der Waals surface area contributed by atoms with Crippen LogP contribution in [0.25, 0.3) is 0 Å². The van der Waals surface area contributed by atoms with Gasteiger partial charge in [0.1, 0.15) is 6.54 Å². The van der Waals surface area contributed by atoms with Crippen molar-refractivity contribution in [2.24, 2.45) is 5.73 Å². The Bertz CT molecular complexity index is 480. The Kier molecular flexibility index (Phi) is 5.97. The molecule has 0 saturated carbocycles. The summed E-state index contributed by atoms with van der Waals surface area (Å²) < 4.78 is 0. The van der Waals surface area contributed by atoms with Crippen molar-refractivity contribution in [1.29, 1.82) is 0 Å². The summed E-state index contributed by atoms with van der Waals surface area (Å²) >= 11 is 0. The van der Waals surface area contributed by atoms with Gasteiger partial charge in [0.2, 0.25) is 11.8 Å². The molecule has 1 atom stereocenters. The van der Waals surface area contributed by atoms with Gasteiger partial charge in [-0.05, 0) is 30.5 Å². The summed E-state index contributed by atoms with van der Waals surface area (Å²) in [7, 11) is 0. The molecule has 0 unspecified atom stereocenters. The summed E-state index contributed by atoms with van der Waals surface area (Å²) in [6.45, 7) is 7.36. The van der Waals surface area contributed by atoms with Crippen LogP contribution < -0.4 is 5.73 Å². The van der Waals surface area contributed by atoms with Crippen LogP contribution >= 0.6 is 0 Å². The predicted octanol–water partition coefficient (Wildman–Crippen LogP) is 2.20. The fraction of sp³-hybridized carbons (Fsp3) is 0.375. The van der Waals surface area contributed by atoms with Crippen LogP contribution in [0.5, 0.6) is 0 Å². The van der Waals surface area contributed by atoms with Crippen molar-refractivity contribution in [3.63, 3.8) is 0 Å². The van der Waals surface area contributed by atoms with Crippen LogP contribution in [0.3, 0.4) is 0 Å². The van der Waals surface area contributed by atoms with Gasteiger partial charge < -0.3 is 10.6 Å². The summed E-state index contributed by atoms with van der Waals surface area (Å²) in [5.74, 6) is -0.830. The summed E-state index contributed by atoms with van der Waals surface area (Å²) in [5, 5.41) is 0. The van der Waals surface area contributed by atoms with E-state index in [-0.39, 0.29) is 18.5 Å². The van der Waals surface area contributed by atoms with Crippen molar-refractivity contribution in [1.82, 2.24) is 4.90 Å². The molecular formula is C16H22N2O2. The van der Waals surface area contributed by atoms with Crippen molar-refractivity contribution in [3.8, 4) is 0 Å². The second kappa shape index (κ2) is 7.48. The van der Waals surface area contributed by atoms with Crippen molar-refractivity contribution in [3.05, 3.63) is 48.0 Å². The molecule has 4 heteroatoms. The molecule has 4 nitrogen and oxygen atoms in total. The van der Waals surface area contributed by atoms with Crippen LogP contribution in [-0.2, 0) is 16.0 Å². The number of nitrogens with two attached hydrogens (primary N) is 1. The van der Waals surface area contributed by atoms with E-state index < -0.39 is 5.91 Å². The minimum Gasteiger partial charge on any atom is -0.368 e. The number of carbonyl (C=O) groups is 2. The molecule has 0 aromatic heterocycles. The van der Waals surface area contributed by atoms with E-state index >= 15 is 0 Å². The average molecular weight is 274 g/mol.